The van der Waals surface area contributed by atoms with Crippen LogP contribution in [0, 0.1) is 0 Å². The molecule has 1 heterocycles. The number of fused-ring (bicyclic) bond motifs is 1. The van der Waals surface area contributed by atoms with Crippen LogP contribution in [0.2, 0.25) is 0 Å². The fourth-order valence-corrected chi connectivity index (χ4v) is 3.63. The number of benzene rings is 1. The molecule has 0 radical (unpaired) electrons. The first kappa shape index (κ1) is 18.5. The van der Waals surface area contributed by atoms with E-state index in [0.717, 1.165) is 4.47 Å². The number of nitrogens with zero attached hydrogens (tertiary/aromatic N) is 2. The molecule has 1 aliphatic rings. The van der Waals surface area contributed by atoms with Gasteiger partial charge in [0.25, 0.3) is 5.91 Å². The Hall–Kier alpha value is -1.83. The molecule has 1 amide bonds. The topological polar surface area (TPSA) is 72.9 Å². The Kier molecular flexibility index (Phi) is 5.08. The minimum atomic E-state index is -1.69. The zero-order valence-electron chi connectivity index (χ0n) is 14.5. The summed E-state index contributed by atoms with van der Waals surface area (Å²) in [7, 11) is 1.57. The van der Waals surface area contributed by atoms with Crippen LogP contribution in [0.4, 0.5) is 0 Å². The number of hydrogen-bond donors (Lipinski definition) is 0. The lowest BCUT2D eigenvalue weighted by atomic mass is 9.93. The smallest absolute Gasteiger partial charge is 0.327 e. The summed E-state index contributed by atoms with van der Waals surface area (Å²) in [6.45, 7) is 10.6. The molecule has 1 aromatic rings. The molecule has 0 saturated heterocycles. The van der Waals surface area contributed by atoms with Gasteiger partial charge in [-0.05, 0) is 38.0 Å². The Morgan fingerprint density at radius 2 is 1.88 bits per heavy atom. The Labute approximate surface area is 145 Å². The van der Waals surface area contributed by atoms with Crippen LogP contribution in [-0.2, 0) is 21.0 Å². The second kappa shape index (κ2) is 6.58. The number of hydroxylamine groups is 1. The molecule has 0 aromatic heterocycles. The van der Waals surface area contributed by atoms with Gasteiger partial charge in [-0.25, -0.2) is 0 Å². The summed E-state index contributed by atoms with van der Waals surface area (Å²) < 4.78 is 13.3. The van der Waals surface area contributed by atoms with E-state index in [4.69, 9.17) is 4.84 Å². The normalized spacial score (nSPS) is 19.3. The molecule has 1 unspecified atom stereocenters. The minimum absolute atomic E-state index is 0.244. The number of carbonyl (C=O) groups excluding carboxylic acids is 2. The molecule has 0 spiro atoms. The molecular formula is C17H22N2O4S. The lowest BCUT2D eigenvalue weighted by Crippen LogP contribution is -2.57. The third kappa shape index (κ3) is 3.33. The number of amides is 1. The van der Waals surface area contributed by atoms with Gasteiger partial charge in [0.2, 0.25) is 0 Å². The van der Waals surface area contributed by atoms with Crippen molar-refractivity contribution in [2.45, 2.75) is 38.6 Å². The maximum Gasteiger partial charge on any atom is 0.327 e. The average Bonchev–Trinajstić information content (AvgIpc) is 2.50. The molecule has 24 heavy (non-hydrogen) atoms. The van der Waals surface area contributed by atoms with Crippen LogP contribution in [0.3, 0.4) is 0 Å². The largest absolute Gasteiger partial charge is 0.595 e. The van der Waals surface area contributed by atoms with Crippen molar-refractivity contribution in [1.82, 2.24) is 9.37 Å². The Balaban J connectivity index is 2.52. The lowest BCUT2D eigenvalue weighted by Gasteiger charge is -2.41. The molecule has 130 valence electrons. The summed E-state index contributed by atoms with van der Waals surface area (Å²) in [5.74, 6) is -0.855. The van der Waals surface area contributed by atoms with E-state index in [1.165, 1.54) is 11.8 Å². The van der Waals surface area contributed by atoms with E-state index in [1.807, 2.05) is 0 Å². The molecule has 2 rings (SSSR count). The summed E-state index contributed by atoms with van der Waals surface area (Å²) in [5.41, 5.74) is 1.73. The van der Waals surface area contributed by atoms with Gasteiger partial charge in [-0.2, -0.15) is 0 Å². The first-order valence-corrected chi connectivity index (χ1v) is 8.61. The van der Waals surface area contributed by atoms with E-state index >= 15 is 0 Å². The summed E-state index contributed by atoms with van der Waals surface area (Å²) >= 11 is -1.69. The maximum absolute atomic E-state index is 12.9. The van der Waals surface area contributed by atoms with Gasteiger partial charge in [0, 0.05) is 19.5 Å². The molecular weight excluding hydrogens is 328 g/mol. The summed E-state index contributed by atoms with van der Waals surface area (Å²) in [6, 6.07) is 7.07. The summed E-state index contributed by atoms with van der Waals surface area (Å²) in [5, 5.41) is 0. The van der Waals surface area contributed by atoms with E-state index in [2.05, 4.69) is 6.58 Å². The number of carbonyl (C=O) groups is 2. The van der Waals surface area contributed by atoms with Crippen LogP contribution in [0.1, 0.15) is 43.6 Å². The molecule has 0 saturated carbocycles. The van der Waals surface area contributed by atoms with E-state index in [-0.39, 0.29) is 5.91 Å². The first-order valence-electron chi connectivity index (χ1n) is 7.51. The number of hydrogen-bond acceptors (Lipinski definition) is 5. The van der Waals surface area contributed by atoms with Gasteiger partial charge in [-0.1, -0.05) is 24.8 Å². The van der Waals surface area contributed by atoms with Gasteiger partial charge >= 0.3 is 5.97 Å². The van der Waals surface area contributed by atoms with Crippen LogP contribution in [0.15, 0.2) is 30.8 Å². The predicted molar refractivity (Wildman–Crippen MR) is 92.9 cm³/mol. The highest BCUT2D eigenvalue weighted by atomic mass is 32.2. The van der Waals surface area contributed by atoms with Crippen LogP contribution < -0.4 is 0 Å². The maximum atomic E-state index is 12.9. The third-order valence-electron chi connectivity index (χ3n) is 3.61. The summed E-state index contributed by atoms with van der Waals surface area (Å²) in [4.78, 5) is 30.8. The zero-order valence-corrected chi connectivity index (χ0v) is 15.3. The van der Waals surface area contributed by atoms with Crippen molar-refractivity contribution in [3.8, 4) is 0 Å². The Bertz CT molecular complexity index is 683. The van der Waals surface area contributed by atoms with E-state index in [9.17, 15) is 14.1 Å². The van der Waals surface area contributed by atoms with E-state index < -0.39 is 28.2 Å². The average molecular weight is 350 g/mol. The third-order valence-corrected chi connectivity index (χ3v) is 5.26. The van der Waals surface area contributed by atoms with E-state index in [0.29, 0.717) is 16.7 Å². The molecule has 0 N–H and O–H groups in total. The molecule has 0 bridgehead atoms. The van der Waals surface area contributed by atoms with Crippen LogP contribution in [0.25, 0.3) is 5.57 Å². The van der Waals surface area contributed by atoms with Gasteiger partial charge in [0.1, 0.15) is 4.75 Å². The van der Waals surface area contributed by atoms with E-state index in [1.54, 1.807) is 52.1 Å². The van der Waals surface area contributed by atoms with Gasteiger partial charge in [-0.3, -0.25) is 9.59 Å². The van der Waals surface area contributed by atoms with Crippen molar-refractivity contribution in [2.75, 3.05) is 7.05 Å². The molecule has 0 fully saturated rings. The second-order valence-corrected chi connectivity index (χ2v) is 8.67. The molecule has 2 atom stereocenters. The van der Waals surface area contributed by atoms with Crippen molar-refractivity contribution in [3.63, 3.8) is 0 Å². The van der Waals surface area contributed by atoms with Gasteiger partial charge in [0.15, 0.2) is 6.17 Å². The highest BCUT2D eigenvalue weighted by Crippen LogP contribution is 2.35. The quantitative estimate of drug-likeness (QED) is 0.618. The van der Waals surface area contributed by atoms with Gasteiger partial charge < -0.3 is 14.3 Å². The van der Waals surface area contributed by atoms with Gasteiger partial charge in [-0.15, -0.1) is 0 Å². The summed E-state index contributed by atoms with van der Waals surface area (Å²) in [6.07, 6.45) is -0.837. The molecule has 7 heteroatoms. The van der Waals surface area contributed by atoms with Crippen LogP contribution >= 0.6 is 0 Å². The standard InChI is InChI=1S/C17H22N2O4S/c1-11-13-9-7-8-10-14(13)16(21)18(6)15(11)19(23-12(2)20)24(22)17(3,4)5/h7-10,15H,1H2,2-6H3/t15-,24?/m0/s1. The van der Waals surface area contributed by atoms with Crippen molar-refractivity contribution >= 4 is 28.8 Å². The van der Waals surface area contributed by atoms with Crippen molar-refractivity contribution in [1.29, 1.82) is 0 Å². The fourth-order valence-electron chi connectivity index (χ4n) is 2.46. The van der Waals surface area contributed by atoms with Crippen LogP contribution in [-0.4, -0.2) is 43.8 Å². The SMILES string of the molecule is C=C1c2ccccc2C(=O)N(C)[C@H]1N(OC(C)=O)[S+]([O-])C(C)(C)C. The Morgan fingerprint density at radius 1 is 1.33 bits per heavy atom. The van der Waals surface area contributed by atoms with Crippen LogP contribution in [0.5, 0.6) is 0 Å². The molecule has 1 aromatic carbocycles. The minimum Gasteiger partial charge on any atom is -0.595 e. The number of likely N-dealkylation sites (N-methyl/N-ethyl adjacent to an activating group) is 1. The molecule has 1 aliphatic heterocycles. The predicted octanol–water partition coefficient (Wildman–Crippen LogP) is 2.35. The van der Waals surface area contributed by atoms with Gasteiger partial charge in [0.05, 0.1) is 15.8 Å². The second-order valence-electron chi connectivity index (χ2n) is 6.59. The van der Waals surface area contributed by atoms with Crippen molar-refractivity contribution in [2.24, 2.45) is 0 Å². The lowest BCUT2D eigenvalue weighted by molar-refractivity contribution is -0.175. The zero-order chi connectivity index (χ0) is 18.2. The highest BCUT2D eigenvalue weighted by Gasteiger charge is 2.47. The molecule has 6 nitrogen and oxygen atoms in total. The fraction of sp³-hybridized carbons (Fsp3) is 0.412. The Morgan fingerprint density at radius 3 is 2.38 bits per heavy atom. The van der Waals surface area contributed by atoms with Crippen molar-refractivity contribution in [3.05, 3.63) is 42.0 Å². The monoisotopic (exact) mass is 350 g/mol. The number of rotatable bonds is 3. The van der Waals surface area contributed by atoms with Crippen molar-refractivity contribution < 1.29 is 19.0 Å². The molecule has 0 aliphatic carbocycles. The first-order chi connectivity index (χ1) is 11.1. The highest BCUT2D eigenvalue weighted by molar-refractivity contribution is 7.90.